The second-order valence-corrected chi connectivity index (χ2v) is 7.37. The second kappa shape index (κ2) is 6.06. The van der Waals surface area contributed by atoms with E-state index >= 15 is 0 Å². The fourth-order valence-electron chi connectivity index (χ4n) is 2.31. The summed E-state index contributed by atoms with van der Waals surface area (Å²) in [6.07, 6.45) is 1.71. The van der Waals surface area contributed by atoms with Crippen molar-refractivity contribution in [2.24, 2.45) is 5.41 Å². The average molecular weight is 347 g/mol. The van der Waals surface area contributed by atoms with Crippen LogP contribution >= 0.6 is 11.6 Å². The molecule has 0 saturated carbocycles. The molecule has 0 aliphatic carbocycles. The Kier molecular flexibility index (Phi) is 4.22. The Hall–Kier alpha value is -2.14. The lowest BCUT2D eigenvalue weighted by atomic mass is 9.88. The summed E-state index contributed by atoms with van der Waals surface area (Å²) in [5.41, 5.74) is 1.47. The zero-order valence-corrected chi connectivity index (χ0v) is 14.9. The maximum absolute atomic E-state index is 14.2. The van der Waals surface area contributed by atoms with Crippen molar-refractivity contribution in [2.75, 3.05) is 5.32 Å². The Morgan fingerprint density at radius 3 is 2.67 bits per heavy atom. The topological polar surface area (TPSA) is 42.2 Å². The molecule has 0 spiro atoms. The van der Waals surface area contributed by atoms with Crippen molar-refractivity contribution in [3.05, 3.63) is 47.4 Å². The Morgan fingerprint density at radius 2 is 2.00 bits per heavy atom. The van der Waals surface area contributed by atoms with E-state index in [9.17, 15) is 4.39 Å². The van der Waals surface area contributed by atoms with Crippen LogP contribution in [0.1, 0.15) is 27.7 Å². The fourth-order valence-corrected chi connectivity index (χ4v) is 2.57. The lowest BCUT2D eigenvalue weighted by Crippen LogP contribution is -2.31. The lowest BCUT2D eigenvalue weighted by molar-refractivity contribution is 0.358. The van der Waals surface area contributed by atoms with Gasteiger partial charge in [0, 0.05) is 18.3 Å². The first kappa shape index (κ1) is 16.7. The highest BCUT2D eigenvalue weighted by Gasteiger charge is 2.21. The Bertz CT molecular complexity index is 862. The third kappa shape index (κ3) is 3.08. The first-order chi connectivity index (χ1) is 11.3. The number of hydrogen-bond donors (Lipinski definition) is 1. The molecule has 1 N–H and O–H groups in total. The fraction of sp³-hybridized carbons (Fsp3) is 0.333. The van der Waals surface area contributed by atoms with E-state index in [0.717, 1.165) is 5.82 Å². The van der Waals surface area contributed by atoms with E-state index in [1.807, 2.05) is 6.07 Å². The second-order valence-electron chi connectivity index (χ2n) is 6.96. The molecule has 0 amide bonds. The van der Waals surface area contributed by atoms with Crippen LogP contribution in [0.5, 0.6) is 0 Å². The molecule has 2 heterocycles. The van der Waals surface area contributed by atoms with Crippen LogP contribution < -0.4 is 5.32 Å². The average Bonchev–Trinajstić information content (AvgIpc) is 2.90. The molecule has 0 aliphatic rings. The molecule has 0 bridgehead atoms. The molecule has 24 heavy (non-hydrogen) atoms. The van der Waals surface area contributed by atoms with Gasteiger partial charge in [0.2, 0.25) is 0 Å². The molecule has 0 radical (unpaired) electrons. The quantitative estimate of drug-likeness (QED) is 0.722. The van der Waals surface area contributed by atoms with Crippen LogP contribution in [-0.4, -0.2) is 20.6 Å². The highest BCUT2D eigenvalue weighted by atomic mass is 35.5. The van der Waals surface area contributed by atoms with E-state index in [2.05, 4.69) is 43.1 Å². The summed E-state index contributed by atoms with van der Waals surface area (Å²) in [6, 6.07) is 8.41. The molecule has 0 fully saturated rings. The van der Waals surface area contributed by atoms with Crippen LogP contribution in [0.15, 0.2) is 36.5 Å². The minimum Gasteiger partial charge on any atom is -0.367 e. The van der Waals surface area contributed by atoms with Gasteiger partial charge in [-0.15, -0.1) is 0 Å². The van der Waals surface area contributed by atoms with E-state index in [0.29, 0.717) is 21.9 Å². The number of benzene rings is 1. The molecule has 3 aromatic rings. The van der Waals surface area contributed by atoms with E-state index in [-0.39, 0.29) is 11.5 Å². The van der Waals surface area contributed by atoms with Crippen molar-refractivity contribution >= 4 is 23.1 Å². The maximum atomic E-state index is 14.2. The molecule has 3 rings (SSSR count). The number of fused-ring (bicyclic) bond motifs is 1. The number of halogens is 2. The number of nitrogens with one attached hydrogen (secondary N) is 1. The summed E-state index contributed by atoms with van der Waals surface area (Å²) in [7, 11) is 0. The molecule has 1 atom stereocenters. The van der Waals surface area contributed by atoms with E-state index in [4.69, 9.17) is 11.6 Å². The Balaban J connectivity index is 2.08. The summed E-state index contributed by atoms with van der Waals surface area (Å²) in [5, 5.41) is 8.29. The van der Waals surface area contributed by atoms with Crippen molar-refractivity contribution in [1.82, 2.24) is 14.6 Å². The summed E-state index contributed by atoms with van der Waals surface area (Å²) in [4.78, 5) is 4.31. The number of anilines is 1. The molecule has 126 valence electrons. The van der Waals surface area contributed by atoms with Gasteiger partial charge in [-0.05, 0) is 30.5 Å². The molecule has 2 aromatic heterocycles. The minimum absolute atomic E-state index is 0.0838. The van der Waals surface area contributed by atoms with Gasteiger partial charge in [-0.25, -0.2) is 9.37 Å². The lowest BCUT2D eigenvalue weighted by Gasteiger charge is -2.28. The highest BCUT2D eigenvalue weighted by Crippen LogP contribution is 2.31. The van der Waals surface area contributed by atoms with E-state index in [1.54, 1.807) is 28.9 Å². The van der Waals surface area contributed by atoms with Crippen molar-refractivity contribution in [2.45, 2.75) is 33.7 Å². The van der Waals surface area contributed by atoms with Gasteiger partial charge in [-0.3, -0.25) is 0 Å². The van der Waals surface area contributed by atoms with E-state index in [1.165, 1.54) is 6.07 Å². The van der Waals surface area contributed by atoms with Crippen LogP contribution in [0.3, 0.4) is 0 Å². The van der Waals surface area contributed by atoms with Crippen LogP contribution in [0.2, 0.25) is 5.02 Å². The molecule has 6 heteroatoms. The SMILES string of the molecule is CC(Nc1ccnc2cc(-c3c(F)cccc3Cl)nn12)C(C)(C)C. The standard InChI is InChI=1S/C18H20ClFN4/c1-11(18(2,3)4)22-15-8-9-21-16-10-14(23-24(15)16)17-12(19)6-5-7-13(17)20/h5-11,22H,1-4H3. The monoisotopic (exact) mass is 346 g/mol. The number of nitrogens with zero attached hydrogens (tertiary/aromatic N) is 3. The van der Waals surface area contributed by atoms with Crippen molar-refractivity contribution < 1.29 is 4.39 Å². The summed E-state index contributed by atoms with van der Waals surface area (Å²) >= 11 is 6.15. The molecular formula is C18H20ClFN4. The number of hydrogen-bond acceptors (Lipinski definition) is 3. The summed E-state index contributed by atoms with van der Waals surface area (Å²) in [5.74, 6) is 0.407. The molecular weight excluding hydrogens is 327 g/mol. The van der Waals surface area contributed by atoms with Gasteiger partial charge in [-0.1, -0.05) is 38.4 Å². The van der Waals surface area contributed by atoms with Gasteiger partial charge >= 0.3 is 0 Å². The number of rotatable bonds is 3. The first-order valence-corrected chi connectivity index (χ1v) is 8.21. The maximum Gasteiger partial charge on any atom is 0.157 e. The minimum atomic E-state index is -0.400. The third-order valence-electron chi connectivity index (χ3n) is 4.24. The third-order valence-corrected chi connectivity index (χ3v) is 4.56. The van der Waals surface area contributed by atoms with Gasteiger partial charge in [0.25, 0.3) is 0 Å². The molecule has 0 saturated heterocycles. The van der Waals surface area contributed by atoms with Gasteiger partial charge in [0.1, 0.15) is 11.6 Å². The van der Waals surface area contributed by atoms with Crippen LogP contribution in [-0.2, 0) is 0 Å². The van der Waals surface area contributed by atoms with Crippen LogP contribution in [0.4, 0.5) is 10.2 Å². The highest BCUT2D eigenvalue weighted by molar-refractivity contribution is 6.33. The first-order valence-electron chi connectivity index (χ1n) is 7.83. The zero-order chi connectivity index (χ0) is 17.5. The van der Waals surface area contributed by atoms with E-state index < -0.39 is 5.82 Å². The molecule has 1 unspecified atom stereocenters. The number of aromatic nitrogens is 3. The Morgan fingerprint density at radius 1 is 1.25 bits per heavy atom. The summed E-state index contributed by atoms with van der Waals surface area (Å²) < 4.78 is 15.8. The van der Waals surface area contributed by atoms with Gasteiger partial charge < -0.3 is 5.32 Å². The molecule has 4 nitrogen and oxygen atoms in total. The summed E-state index contributed by atoms with van der Waals surface area (Å²) in [6.45, 7) is 8.61. The predicted molar refractivity (Wildman–Crippen MR) is 95.9 cm³/mol. The van der Waals surface area contributed by atoms with Gasteiger partial charge in [0.05, 0.1) is 16.3 Å². The molecule has 1 aromatic carbocycles. The smallest absolute Gasteiger partial charge is 0.157 e. The normalized spacial score (nSPS) is 13.2. The van der Waals surface area contributed by atoms with Crippen molar-refractivity contribution in [3.8, 4) is 11.3 Å². The Labute approximate surface area is 145 Å². The van der Waals surface area contributed by atoms with Crippen LogP contribution in [0.25, 0.3) is 16.9 Å². The van der Waals surface area contributed by atoms with Gasteiger partial charge in [0.15, 0.2) is 5.65 Å². The van der Waals surface area contributed by atoms with Crippen LogP contribution in [0, 0.1) is 11.2 Å². The molecule has 0 aliphatic heterocycles. The largest absolute Gasteiger partial charge is 0.367 e. The van der Waals surface area contributed by atoms with Gasteiger partial charge in [-0.2, -0.15) is 9.61 Å². The zero-order valence-electron chi connectivity index (χ0n) is 14.1. The van der Waals surface area contributed by atoms with Crippen molar-refractivity contribution in [1.29, 1.82) is 0 Å². The predicted octanol–water partition coefficient (Wildman–Crippen LogP) is 5.04. The van der Waals surface area contributed by atoms with Crippen molar-refractivity contribution in [3.63, 3.8) is 0 Å².